The van der Waals surface area contributed by atoms with Crippen LogP contribution >= 0.6 is 11.8 Å². The molecule has 3 rings (SSSR count). The van der Waals surface area contributed by atoms with E-state index in [2.05, 4.69) is 4.98 Å². The first-order valence-electron chi connectivity index (χ1n) is 10.1. The third kappa shape index (κ3) is 5.21. The molecule has 0 radical (unpaired) electrons. The Bertz CT molecular complexity index is 1020. The van der Waals surface area contributed by atoms with Crippen LogP contribution in [0.15, 0.2) is 35.4 Å². The van der Waals surface area contributed by atoms with E-state index in [1.54, 1.807) is 31.7 Å². The first kappa shape index (κ1) is 23.1. The average molecular weight is 448 g/mol. The lowest BCUT2D eigenvalue weighted by atomic mass is 9.90. The Labute approximate surface area is 184 Å². The second-order valence-corrected chi connectivity index (χ2v) is 9.55. The summed E-state index contributed by atoms with van der Waals surface area (Å²) in [6.45, 7) is 5.99. The summed E-state index contributed by atoms with van der Waals surface area (Å²) in [4.78, 5) is 18.7. The van der Waals surface area contributed by atoms with Crippen LogP contribution in [0, 0.1) is 11.3 Å². The number of benzene rings is 1. The number of halogens is 3. The van der Waals surface area contributed by atoms with Gasteiger partial charge in [0.05, 0.1) is 11.1 Å². The number of nitrogens with zero attached hydrogens (tertiary/aromatic N) is 3. The maximum absolute atomic E-state index is 13.5. The molecule has 2 heterocycles. The Morgan fingerprint density at radius 2 is 1.97 bits per heavy atom. The summed E-state index contributed by atoms with van der Waals surface area (Å²) in [6.07, 6.45) is -3.04. The van der Waals surface area contributed by atoms with E-state index in [1.807, 2.05) is 24.3 Å². The van der Waals surface area contributed by atoms with Crippen molar-refractivity contribution in [3.63, 3.8) is 0 Å². The van der Waals surface area contributed by atoms with Gasteiger partial charge in [-0.15, -0.1) is 11.8 Å². The number of carbonyl (C=O) groups is 1. The predicted molar refractivity (Wildman–Crippen MR) is 115 cm³/mol. The van der Waals surface area contributed by atoms with Crippen molar-refractivity contribution >= 4 is 23.4 Å². The molecule has 2 aromatic rings. The molecule has 0 unspecified atom stereocenters. The Hall–Kier alpha value is -2.53. The molecule has 0 atom stereocenters. The van der Waals surface area contributed by atoms with Gasteiger partial charge < -0.3 is 4.90 Å². The molecule has 0 bridgehead atoms. The van der Waals surface area contributed by atoms with E-state index in [-0.39, 0.29) is 23.0 Å². The number of carbonyl (C=O) groups excluding carboxylic acids is 1. The van der Waals surface area contributed by atoms with Crippen molar-refractivity contribution in [2.45, 2.75) is 56.7 Å². The molecule has 164 valence electrons. The molecule has 1 amide bonds. The normalized spacial score (nSPS) is 13.8. The number of thioether (sulfide) groups is 1. The highest BCUT2D eigenvalue weighted by Crippen LogP contribution is 2.38. The molecular weight excluding hydrogens is 423 g/mol. The summed E-state index contributed by atoms with van der Waals surface area (Å²) in [7, 11) is 0. The number of fused-ring (bicyclic) bond motifs is 1. The lowest BCUT2D eigenvalue weighted by Crippen LogP contribution is -2.28. The van der Waals surface area contributed by atoms with Gasteiger partial charge in [0.1, 0.15) is 11.1 Å². The van der Waals surface area contributed by atoms with Gasteiger partial charge in [-0.2, -0.15) is 18.4 Å². The van der Waals surface area contributed by atoms with E-state index in [9.17, 15) is 23.2 Å². The summed E-state index contributed by atoms with van der Waals surface area (Å²) < 4.78 is 40.6. The largest absolute Gasteiger partial charge is 0.417 e. The van der Waals surface area contributed by atoms with E-state index in [0.29, 0.717) is 18.7 Å². The van der Waals surface area contributed by atoms with Crippen molar-refractivity contribution in [3.05, 3.63) is 52.7 Å². The van der Waals surface area contributed by atoms with Crippen molar-refractivity contribution in [2.75, 3.05) is 17.2 Å². The van der Waals surface area contributed by atoms with E-state index >= 15 is 0 Å². The third-order valence-electron chi connectivity index (χ3n) is 5.13. The van der Waals surface area contributed by atoms with Crippen LogP contribution in [0.4, 0.5) is 18.9 Å². The fourth-order valence-corrected chi connectivity index (χ4v) is 4.41. The van der Waals surface area contributed by atoms with Crippen LogP contribution in [-0.4, -0.2) is 23.2 Å². The Morgan fingerprint density at radius 3 is 2.61 bits per heavy atom. The van der Waals surface area contributed by atoms with Crippen LogP contribution in [-0.2, 0) is 22.8 Å². The molecule has 0 spiro atoms. The Kier molecular flexibility index (Phi) is 6.65. The van der Waals surface area contributed by atoms with Gasteiger partial charge >= 0.3 is 6.18 Å². The van der Waals surface area contributed by atoms with E-state index in [1.165, 1.54) is 0 Å². The molecule has 0 aliphatic carbocycles. The van der Waals surface area contributed by atoms with Crippen LogP contribution in [0.2, 0.25) is 0 Å². The van der Waals surface area contributed by atoms with E-state index < -0.39 is 22.7 Å². The van der Waals surface area contributed by atoms with Gasteiger partial charge in [0.15, 0.2) is 0 Å². The molecule has 0 N–H and O–H groups in total. The summed E-state index contributed by atoms with van der Waals surface area (Å²) in [6, 6.07) is 10.4. The number of amides is 1. The number of hydrogen-bond donors (Lipinski definition) is 0. The van der Waals surface area contributed by atoms with Gasteiger partial charge in [0, 0.05) is 35.5 Å². The standard InChI is InChI=1S/C23H24F3N3OS/c1-22(2,3)19-13-17(23(24,25)26)16(14-27)21(28-19)31-12-6-9-20(30)29-11-10-15-7-4-5-8-18(15)29/h4-5,7-8,13H,6,9-12H2,1-3H3. The van der Waals surface area contributed by atoms with E-state index in [4.69, 9.17) is 0 Å². The fourth-order valence-electron chi connectivity index (χ4n) is 3.47. The maximum atomic E-state index is 13.5. The molecule has 1 aliphatic rings. The summed E-state index contributed by atoms with van der Waals surface area (Å²) in [5.41, 5.74) is 0.356. The zero-order valence-corrected chi connectivity index (χ0v) is 18.5. The zero-order chi connectivity index (χ0) is 22.8. The number of rotatable bonds is 5. The van der Waals surface area contributed by atoms with Crippen LogP contribution < -0.4 is 4.90 Å². The first-order valence-corrected chi connectivity index (χ1v) is 11.0. The Morgan fingerprint density at radius 1 is 1.26 bits per heavy atom. The van der Waals surface area contributed by atoms with Gasteiger partial charge in [-0.1, -0.05) is 39.0 Å². The third-order valence-corrected chi connectivity index (χ3v) is 6.20. The second kappa shape index (κ2) is 8.91. The number of hydrogen-bond acceptors (Lipinski definition) is 4. The van der Waals surface area contributed by atoms with Gasteiger partial charge in [-0.05, 0) is 30.5 Å². The predicted octanol–water partition coefficient (Wildman–Crippen LogP) is 5.73. The minimum atomic E-state index is -4.64. The SMILES string of the molecule is CC(C)(C)c1cc(C(F)(F)F)c(C#N)c(SCCCC(=O)N2CCc3ccccc32)n1. The van der Waals surface area contributed by atoms with Gasteiger partial charge in [0.2, 0.25) is 5.91 Å². The quantitative estimate of drug-likeness (QED) is 0.434. The highest BCUT2D eigenvalue weighted by Gasteiger charge is 2.37. The zero-order valence-electron chi connectivity index (χ0n) is 17.7. The lowest BCUT2D eigenvalue weighted by molar-refractivity contribution is -0.138. The summed E-state index contributed by atoms with van der Waals surface area (Å²) in [5, 5.41) is 9.44. The van der Waals surface area contributed by atoms with Crippen molar-refractivity contribution in [2.24, 2.45) is 0 Å². The number of aromatic nitrogens is 1. The van der Waals surface area contributed by atoms with Crippen LogP contribution in [0.25, 0.3) is 0 Å². The van der Waals surface area contributed by atoms with Crippen LogP contribution in [0.5, 0.6) is 0 Å². The lowest BCUT2D eigenvalue weighted by Gasteiger charge is -2.22. The summed E-state index contributed by atoms with van der Waals surface area (Å²) >= 11 is 1.10. The average Bonchev–Trinajstić information content (AvgIpc) is 3.13. The molecule has 4 nitrogen and oxygen atoms in total. The monoisotopic (exact) mass is 447 g/mol. The molecule has 1 aliphatic heterocycles. The minimum Gasteiger partial charge on any atom is -0.312 e. The number of anilines is 1. The molecule has 0 saturated carbocycles. The molecule has 8 heteroatoms. The number of pyridine rings is 1. The second-order valence-electron chi connectivity index (χ2n) is 8.47. The molecule has 0 fully saturated rings. The van der Waals surface area contributed by atoms with Gasteiger partial charge in [-0.25, -0.2) is 4.98 Å². The molecule has 31 heavy (non-hydrogen) atoms. The molecule has 1 aromatic carbocycles. The topological polar surface area (TPSA) is 57.0 Å². The highest BCUT2D eigenvalue weighted by molar-refractivity contribution is 7.99. The van der Waals surface area contributed by atoms with Crippen molar-refractivity contribution < 1.29 is 18.0 Å². The fraction of sp³-hybridized carbons (Fsp3) is 0.435. The van der Waals surface area contributed by atoms with Crippen LogP contribution in [0.3, 0.4) is 0 Å². The molecular formula is C23H24F3N3OS. The number of nitriles is 1. The Balaban J connectivity index is 1.70. The first-order chi connectivity index (χ1) is 14.5. The van der Waals surface area contributed by atoms with Crippen molar-refractivity contribution in [3.8, 4) is 6.07 Å². The molecule has 1 aromatic heterocycles. The number of alkyl halides is 3. The van der Waals surface area contributed by atoms with Gasteiger partial charge in [-0.3, -0.25) is 4.79 Å². The minimum absolute atomic E-state index is 0.00145. The number of para-hydroxylation sites is 1. The van der Waals surface area contributed by atoms with Crippen LogP contribution in [0.1, 0.15) is 56.0 Å². The maximum Gasteiger partial charge on any atom is 0.417 e. The molecule has 0 saturated heterocycles. The van der Waals surface area contributed by atoms with E-state index in [0.717, 1.165) is 35.5 Å². The smallest absolute Gasteiger partial charge is 0.312 e. The highest BCUT2D eigenvalue weighted by atomic mass is 32.2. The van der Waals surface area contributed by atoms with Crippen molar-refractivity contribution in [1.29, 1.82) is 5.26 Å². The van der Waals surface area contributed by atoms with Gasteiger partial charge in [0.25, 0.3) is 0 Å². The summed E-state index contributed by atoms with van der Waals surface area (Å²) in [5.74, 6) is 0.395. The van der Waals surface area contributed by atoms with Crippen molar-refractivity contribution in [1.82, 2.24) is 4.98 Å².